The molecule has 3 heterocycles. The molecule has 11 nitrogen and oxygen atoms in total. The van der Waals surface area contributed by atoms with Gasteiger partial charge in [0, 0.05) is 45.0 Å². The minimum Gasteiger partial charge on any atom is -0.465 e. The van der Waals surface area contributed by atoms with E-state index >= 15 is 0 Å². The molecule has 9 atom stereocenters. The zero-order valence-corrected chi connectivity index (χ0v) is 27.3. The van der Waals surface area contributed by atoms with Gasteiger partial charge in [0.1, 0.15) is 12.0 Å². The van der Waals surface area contributed by atoms with Crippen LogP contribution < -0.4 is 0 Å². The summed E-state index contributed by atoms with van der Waals surface area (Å²) in [7, 11) is 7.53. The van der Waals surface area contributed by atoms with E-state index in [-0.39, 0.29) is 30.5 Å². The molecule has 3 rings (SSSR count). The van der Waals surface area contributed by atoms with E-state index in [1.807, 2.05) is 32.8 Å². The summed E-state index contributed by atoms with van der Waals surface area (Å²) < 4.78 is 36.4. The zero-order chi connectivity index (χ0) is 31.2. The summed E-state index contributed by atoms with van der Waals surface area (Å²) in [6.07, 6.45) is 0.249. The molecule has 0 saturated carbocycles. The van der Waals surface area contributed by atoms with Gasteiger partial charge < -0.3 is 43.3 Å². The maximum absolute atomic E-state index is 13.8. The van der Waals surface area contributed by atoms with Crippen LogP contribution in [0.2, 0.25) is 0 Å². The lowest BCUT2D eigenvalue weighted by atomic mass is 9.78. The molecule has 3 saturated heterocycles. The fourth-order valence-electron chi connectivity index (χ4n) is 6.86. The van der Waals surface area contributed by atoms with Crippen LogP contribution in [0.4, 0.5) is 0 Å². The first-order valence-electron chi connectivity index (χ1n) is 15.6. The maximum Gasteiger partial charge on any atom is 0.316 e. The van der Waals surface area contributed by atoms with Gasteiger partial charge in [-0.05, 0) is 67.1 Å². The van der Waals surface area contributed by atoms with Crippen LogP contribution in [0.15, 0.2) is 0 Å². The Bertz CT molecular complexity index is 882. The summed E-state index contributed by atoms with van der Waals surface area (Å²) >= 11 is 0. The van der Waals surface area contributed by atoms with Gasteiger partial charge in [0.05, 0.1) is 37.6 Å². The lowest BCUT2D eigenvalue weighted by Crippen LogP contribution is -2.59. The van der Waals surface area contributed by atoms with Gasteiger partial charge in [-0.3, -0.25) is 9.59 Å². The van der Waals surface area contributed by atoms with Crippen LogP contribution in [0.5, 0.6) is 0 Å². The summed E-state index contributed by atoms with van der Waals surface area (Å²) in [5, 5.41) is 11.3. The van der Waals surface area contributed by atoms with E-state index in [0.717, 1.165) is 13.1 Å². The van der Waals surface area contributed by atoms with E-state index in [2.05, 4.69) is 18.9 Å². The number of ketones is 1. The number of nitrogens with zero attached hydrogens (tertiary/aromatic N) is 2. The van der Waals surface area contributed by atoms with E-state index in [0.29, 0.717) is 45.3 Å². The van der Waals surface area contributed by atoms with Crippen molar-refractivity contribution in [1.82, 2.24) is 9.80 Å². The largest absolute Gasteiger partial charge is 0.465 e. The third-order valence-electron chi connectivity index (χ3n) is 9.32. The summed E-state index contributed by atoms with van der Waals surface area (Å²) in [5.74, 6) is -3.13. The first-order valence-corrected chi connectivity index (χ1v) is 15.6. The van der Waals surface area contributed by atoms with Gasteiger partial charge in [-0.25, -0.2) is 0 Å². The minimum absolute atomic E-state index is 0.154. The molecule has 0 aromatic rings. The number of hydrogen-bond acceptors (Lipinski definition) is 11. The fraction of sp³-hybridized carbons (Fsp3) is 0.935. The molecule has 244 valence electrons. The highest BCUT2D eigenvalue weighted by Crippen LogP contribution is 2.36. The average molecular weight is 601 g/mol. The quantitative estimate of drug-likeness (QED) is 0.379. The van der Waals surface area contributed by atoms with E-state index < -0.39 is 47.7 Å². The third kappa shape index (κ3) is 8.72. The number of carbonyl (C=O) groups is 2. The van der Waals surface area contributed by atoms with E-state index in [1.165, 1.54) is 0 Å². The summed E-state index contributed by atoms with van der Waals surface area (Å²) in [4.78, 5) is 31.1. The Hall–Kier alpha value is -1.18. The number of carbonyl (C=O) groups excluding carboxylic acids is 2. The Morgan fingerprint density at radius 2 is 1.71 bits per heavy atom. The lowest BCUT2D eigenvalue weighted by Gasteiger charge is -2.46. The predicted molar refractivity (Wildman–Crippen MR) is 157 cm³/mol. The number of Topliss-reactive ketones (excluding diaryl/α,β-unsaturated/α-hetero) is 1. The molecule has 3 aliphatic heterocycles. The Morgan fingerprint density at radius 1 is 1.05 bits per heavy atom. The Morgan fingerprint density at radius 3 is 2.33 bits per heavy atom. The van der Waals surface area contributed by atoms with Crippen LogP contribution >= 0.6 is 0 Å². The first kappa shape index (κ1) is 35.3. The number of cyclic esters (lactones) is 1. The molecular formula is C31H56N2O9. The molecule has 0 aliphatic carbocycles. The van der Waals surface area contributed by atoms with Crippen molar-refractivity contribution in [3.8, 4) is 0 Å². The normalized spacial score (nSPS) is 40.3. The molecule has 3 aliphatic rings. The number of methoxy groups -OCH3 is 1. The monoisotopic (exact) mass is 600 g/mol. The second-order valence-electron chi connectivity index (χ2n) is 13.3. The average Bonchev–Trinajstić information content (AvgIpc) is 3.41. The van der Waals surface area contributed by atoms with Gasteiger partial charge >= 0.3 is 5.97 Å². The minimum atomic E-state index is -0.995. The Balaban J connectivity index is 1.91. The van der Waals surface area contributed by atoms with Gasteiger partial charge in [0.2, 0.25) is 0 Å². The standard InChI is InChI=1S/C31H56N2O9/c1-20-18-30(5,37-9)27(42-29-26(35)24(32(6)7)17-21(2)41-29)22(3)25(34)23(4)28(36)38-14-10-11-31(39-15-16-40-31)12-13-33(8)19-20/h20-24,26-27,29,35H,10-19H2,1-9H3/t20-,21-,22+,23?,24+,26-,27-,29+,30-/m1/s1. The van der Waals surface area contributed by atoms with Crippen LogP contribution in [-0.2, 0) is 38.0 Å². The molecule has 1 spiro atoms. The van der Waals surface area contributed by atoms with Crippen LogP contribution in [0.1, 0.15) is 66.7 Å². The van der Waals surface area contributed by atoms with Crippen LogP contribution in [0.25, 0.3) is 0 Å². The number of ether oxygens (including phenoxy) is 6. The highest BCUT2D eigenvalue weighted by molar-refractivity contribution is 5.99. The lowest BCUT2D eigenvalue weighted by molar-refractivity contribution is -0.295. The molecule has 3 fully saturated rings. The van der Waals surface area contributed by atoms with Crippen LogP contribution in [0, 0.1) is 17.8 Å². The number of aliphatic hydroxyl groups excluding tert-OH is 1. The number of rotatable bonds is 4. The van der Waals surface area contributed by atoms with E-state index in [9.17, 15) is 14.7 Å². The summed E-state index contributed by atoms with van der Waals surface area (Å²) in [6.45, 7) is 12.2. The Kier molecular flexibility index (Phi) is 12.8. The SMILES string of the molecule is CO[C@]1(C)C[C@@H](C)CN(C)CCC2(CCCOC(=O)C(C)C(=O)[C@H](C)[C@H]1O[C@@H]1O[C@H](C)C[C@H](N(C)C)[C@H]1O)OCCO2. The number of likely N-dealkylation sites (N-methyl/N-ethyl adjacent to an activating group) is 1. The summed E-state index contributed by atoms with van der Waals surface area (Å²) in [5.41, 5.74) is -0.927. The second kappa shape index (κ2) is 15.2. The Labute approximate surface area is 252 Å². The van der Waals surface area contributed by atoms with Gasteiger partial charge in [0.25, 0.3) is 0 Å². The first-order chi connectivity index (χ1) is 19.7. The molecule has 1 N–H and O–H groups in total. The highest BCUT2D eigenvalue weighted by atomic mass is 16.7. The molecule has 11 heteroatoms. The van der Waals surface area contributed by atoms with Gasteiger partial charge in [0.15, 0.2) is 17.9 Å². The smallest absolute Gasteiger partial charge is 0.316 e. The van der Waals surface area contributed by atoms with Crippen LogP contribution in [-0.4, -0.2) is 130 Å². The molecule has 0 aromatic heterocycles. The van der Waals surface area contributed by atoms with E-state index in [4.69, 9.17) is 28.4 Å². The van der Waals surface area contributed by atoms with Crippen molar-refractivity contribution in [3.63, 3.8) is 0 Å². The highest BCUT2D eigenvalue weighted by Gasteiger charge is 2.48. The predicted octanol–water partition coefficient (Wildman–Crippen LogP) is 2.47. The van der Waals surface area contributed by atoms with Crippen molar-refractivity contribution >= 4 is 11.8 Å². The van der Waals surface area contributed by atoms with Crippen LogP contribution in [0.3, 0.4) is 0 Å². The topological polar surface area (TPSA) is 116 Å². The third-order valence-corrected chi connectivity index (χ3v) is 9.32. The molecule has 0 bridgehead atoms. The molecule has 0 radical (unpaired) electrons. The maximum atomic E-state index is 13.8. The summed E-state index contributed by atoms with van der Waals surface area (Å²) in [6, 6.07) is -0.175. The van der Waals surface area contributed by atoms with Crippen molar-refractivity contribution in [2.75, 3.05) is 61.2 Å². The molecular weight excluding hydrogens is 544 g/mol. The molecule has 0 aromatic carbocycles. The van der Waals surface area contributed by atoms with Gasteiger partial charge in [-0.2, -0.15) is 0 Å². The fourth-order valence-corrected chi connectivity index (χ4v) is 6.86. The van der Waals surface area contributed by atoms with Gasteiger partial charge in [-0.15, -0.1) is 0 Å². The van der Waals surface area contributed by atoms with Crippen molar-refractivity contribution < 1.29 is 43.1 Å². The molecule has 42 heavy (non-hydrogen) atoms. The van der Waals surface area contributed by atoms with Crippen molar-refractivity contribution in [1.29, 1.82) is 0 Å². The number of esters is 1. The number of aliphatic hydroxyl groups is 1. The van der Waals surface area contributed by atoms with E-state index in [1.54, 1.807) is 21.0 Å². The molecule has 1 unspecified atom stereocenters. The zero-order valence-electron chi connectivity index (χ0n) is 27.3. The van der Waals surface area contributed by atoms with Crippen molar-refractivity contribution in [2.45, 2.75) is 109 Å². The van der Waals surface area contributed by atoms with Crippen molar-refractivity contribution in [3.05, 3.63) is 0 Å². The molecule has 0 amide bonds. The van der Waals surface area contributed by atoms with Gasteiger partial charge in [-0.1, -0.05) is 13.8 Å². The number of hydrogen-bond donors (Lipinski definition) is 1. The second-order valence-corrected chi connectivity index (χ2v) is 13.3. The van der Waals surface area contributed by atoms with Crippen molar-refractivity contribution in [2.24, 2.45) is 17.8 Å².